The number of carbonyl (C=O) groups is 1. The quantitative estimate of drug-likeness (QED) is 0.874. The number of amides is 1. The molecule has 0 saturated heterocycles. The predicted octanol–water partition coefficient (Wildman–Crippen LogP) is 1.39. The molecule has 1 atom stereocenters. The topological polar surface area (TPSA) is 94.0 Å². The van der Waals surface area contributed by atoms with Crippen molar-refractivity contribution in [3.05, 3.63) is 11.7 Å². The van der Waals surface area contributed by atoms with E-state index in [4.69, 9.17) is 10.3 Å². The third-order valence-corrected chi connectivity index (χ3v) is 2.57. The molecule has 1 amide bonds. The van der Waals surface area contributed by atoms with E-state index in [9.17, 15) is 4.79 Å². The highest BCUT2D eigenvalue weighted by Gasteiger charge is 2.22. The Kier molecular flexibility index (Phi) is 6.45. The lowest BCUT2D eigenvalue weighted by Gasteiger charge is -2.14. The number of carbonyl (C=O) groups excluding carboxylic acids is 1. The van der Waals surface area contributed by atoms with Gasteiger partial charge in [0.15, 0.2) is 5.82 Å². The largest absolute Gasteiger partial charge is 0.346 e. The molecule has 0 bridgehead atoms. The fourth-order valence-electron chi connectivity index (χ4n) is 1.21. The molecule has 0 spiro atoms. The van der Waals surface area contributed by atoms with E-state index in [1.54, 1.807) is 0 Å². The van der Waals surface area contributed by atoms with Crippen molar-refractivity contribution in [3.8, 4) is 0 Å². The number of hydrogen-bond donors (Lipinski definition) is 2. The Hall–Kier alpha value is -1.14. The van der Waals surface area contributed by atoms with Crippen molar-refractivity contribution in [1.29, 1.82) is 0 Å². The average Bonchev–Trinajstić information content (AvgIpc) is 2.72. The predicted molar refractivity (Wildman–Crippen MR) is 74.9 cm³/mol. The van der Waals surface area contributed by atoms with E-state index in [2.05, 4.69) is 15.5 Å². The summed E-state index contributed by atoms with van der Waals surface area (Å²) in [5, 5.41) is 6.56. The van der Waals surface area contributed by atoms with Crippen LogP contribution >= 0.6 is 12.4 Å². The average molecular weight is 291 g/mol. The molecule has 7 heteroatoms. The summed E-state index contributed by atoms with van der Waals surface area (Å²) in [5.41, 5.74) is 5.55. The van der Waals surface area contributed by atoms with Crippen molar-refractivity contribution in [2.75, 3.05) is 0 Å². The summed E-state index contributed by atoms with van der Waals surface area (Å²) in [6, 6.07) is -0.519. The maximum atomic E-state index is 11.6. The molecule has 0 fully saturated rings. The molecule has 19 heavy (non-hydrogen) atoms. The first-order valence-electron chi connectivity index (χ1n) is 6.08. The van der Waals surface area contributed by atoms with E-state index in [0.29, 0.717) is 11.7 Å². The third-order valence-electron chi connectivity index (χ3n) is 2.57. The van der Waals surface area contributed by atoms with Crippen molar-refractivity contribution in [2.45, 2.75) is 52.6 Å². The number of hydrogen-bond acceptors (Lipinski definition) is 5. The Balaban J connectivity index is 0.00000324. The summed E-state index contributed by atoms with van der Waals surface area (Å²) in [5.74, 6) is 0.905. The van der Waals surface area contributed by atoms with Gasteiger partial charge < -0.3 is 15.6 Å². The van der Waals surface area contributed by atoms with Crippen LogP contribution in [-0.2, 0) is 16.8 Å². The van der Waals surface area contributed by atoms with E-state index in [0.717, 1.165) is 0 Å². The normalized spacial score (nSPS) is 13.0. The van der Waals surface area contributed by atoms with Crippen LogP contribution in [0.4, 0.5) is 0 Å². The summed E-state index contributed by atoms with van der Waals surface area (Å²) in [7, 11) is 0. The molecular weight excluding hydrogens is 268 g/mol. The van der Waals surface area contributed by atoms with E-state index >= 15 is 0 Å². The molecule has 1 rings (SSSR count). The van der Waals surface area contributed by atoms with Gasteiger partial charge in [-0.05, 0) is 5.92 Å². The molecule has 0 radical (unpaired) electrons. The molecule has 110 valence electrons. The first-order valence-corrected chi connectivity index (χ1v) is 6.08. The van der Waals surface area contributed by atoms with Gasteiger partial charge in [0, 0.05) is 5.41 Å². The van der Waals surface area contributed by atoms with Gasteiger partial charge in [0.1, 0.15) is 0 Å². The van der Waals surface area contributed by atoms with Gasteiger partial charge in [-0.2, -0.15) is 4.98 Å². The smallest absolute Gasteiger partial charge is 0.246 e. The van der Waals surface area contributed by atoms with Gasteiger partial charge in [0.2, 0.25) is 11.8 Å². The first-order chi connectivity index (χ1) is 8.21. The van der Waals surface area contributed by atoms with Crippen LogP contribution in [0.25, 0.3) is 0 Å². The molecule has 0 aliphatic heterocycles. The minimum atomic E-state index is -0.519. The molecule has 0 unspecified atom stereocenters. The fraction of sp³-hybridized carbons (Fsp3) is 0.750. The number of nitrogens with one attached hydrogen (secondary N) is 1. The van der Waals surface area contributed by atoms with Crippen LogP contribution in [0.15, 0.2) is 4.52 Å². The van der Waals surface area contributed by atoms with E-state index in [1.807, 2.05) is 34.6 Å². The van der Waals surface area contributed by atoms with Crippen LogP contribution in [0.2, 0.25) is 0 Å². The van der Waals surface area contributed by atoms with Crippen LogP contribution in [0.3, 0.4) is 0 Å². The van der Waals surface area contributed by atoms with Gasteiger partial charge >= 0.3 is 0 Å². The van der Waals surface area contributed by atoms with Gasteiger partial charge in [-0.3, -0.25) is 4.79 Å². The molecule has 3 N–H and O–H groups in total. The van der Waals surface area contributed by atoms with Crippen LogP contribution in [-0.4, -0.2) is 22.1 Å². The van der Waals surface area contributed by atoms with Crippen molar-refractivity contribution >= 4 is 18.3 Å². The summed E-state index contributed by atoms with van der Waals surface area (Å²) < 4.78 is 5.07. The summed E-state index contributed by atoms with van der Waals surface area (Å²) in [6.45, 7) is 9.99. The molecule has 6 nitrogen and oxygen atoms in total. The second-order valence-corrected chi connectivity index (χ2v) is 5.75. The van der Waals surface area contributed by atoms with Crippen molar-refractivity contribution in [1.82, 2.24) is 15.5 Å². The highest BCUT2D eigenvalue weighted by Crippen LogP contribution is 2.18. The number of aromatic nitrogens is 2. The first kappa shape index (κ1) is 17.9. The minimum absolute atomic E-state index is 0. The van der Waals surface area contributed by atoms with E-state index in [-0.39, 0.29) is 36.2 Å². The van der Waals surface area contributed by atoms with Crippen molar-refractivity contribution in [3.63, 3.8) is 0 Å². The zero-order valence-electron chi connectivity index (χ0n) is 12.1. The molecule has 1 aromatic heterocycles. The van der Waals surface area contributed by atoms with Crippen LogP contribution in [0, 0.1) is 5.92 Å². The number of rotatable bonds is 4. The molecule has 0 aromatic carbocycles. The second kappa shape index (κ2) is 6.86. The van der Waals surface area contributed by atoms with Crippen LogP contribution in [0.1, 0.15) is 46.3 Å². The number of halogens is 1. The molecule has 1 heterocycles. The Morgan fingerprint density at radius 2 is 2.00 bits per heavy atom. The number of nitrogens with two attached hydrogens (primary N) is 1. The summed E-state index contributed by atoms with van der Waals surface area (Å²) in [6.07, 6.45) is 0. The van der Waals surface area contributed by atoms with E-state index < -0.39 is 6.04 Å². The Bertz CT molecular complexity index is 412. The van der Waals surface area contributed by atoms with Gasteiger partial charge in [-0.25, -0.2) is 0 Å². The van der Waals surface area contributed by atoms with Crippen LogP contribution < -0.4 is 11.1 Å². The third kappa shape index (κ3) is 5.16. The fourth-order valence-corrected chi connectivity index (χ4v) is 1.21. The lowest BCUT2D eigenvalue weighted by Crippen LogP contribution is -2.43. The van der Waals surface area contributed by atoms with Gasteiger partial charge in [-0.1, -0.05) is 39.8 Å². The second-order valence-electron chi connectivity index (χ2n) is 5.75. The molecule has 1 aromatic rings. The van der Waals surface area contributed by atoms with Gasteiger partial charge in [-0.15, -0.1) is 12.4 Å². The zero-order chi connectivity index (χ0) is 13.9. The lowest BCUT2D eigenvalue weighted by atomic mass is 9.96. The molecule has 0 saturated carbocycles. The van der Waals surface area contributed by atoms with Crippen LogP contribution in [0.5, 0.6) is 0 Å². The molecule has 0 aliphatic rings. The van der Waals surface area contributed by atoms with Gasteiger partial charge in [0.05, 0.1) is 12.6 Å². The molecular formula is C12H23ClN4O2. The standard InChI is InChI=1S/C12H22N4O2.ClH/c1-7(2)9(13)10(17)14-6-8-15-11(16-18-8)12(3,4)5;/h7,9H,6,13H2,1-5H3,(H,14,17);1H/t9-;/m0./s1. The zero-order valence-corrected chi connectivity index (χ0v) is 12.9. The lowest BCUT2D eigenvalue weighted by molar-refractivity contribution is -0.123. The SMILES string of the molecule is CC(C)[C@H](N)C(=O)NCc1nc(C(C)(C)C)no1.Cl. The molecule has 0 aliphatic carbocycles. The maximum absolute atomic E-state index is 11.6. The van der Waals surface area contributed by atoms with Crippen molar-refractivity contribution < 1.29 is 9.32 Å². The van der Waals surface area contributed by atoms with E-state index in [1.165, 1.54) is 0 Å². The Labute approximate surface area is 119 Å². The highest BCUT2D eigenvalue weighted by molar-refractivity contribution is 5.85. The summed E-state index contributed by atoms with van der Waals surface area (Å²) in [4.78, 5) is 15.9. The highest BCUT2D eigenvalue weighted by atomic mass is 35.5. The Morgan fingerprint density at radius 1 is 1.42 bits per heavy atom. The maximum Gasteiger partial charge on any atom is 0.246 e. The Morgan fingerprint density at radius 3 is 2.42 bits per heavy atom. The number of nitrogens with zero attached hydrogens (tertiary/aromatic N) is 2. The van der Waals surface area contributed by atoms with Crippen molar-refractivity contribution in [2.24, 2.45) is 11.7 Å². The van der Waals surface area contributed by atoms with Gasteiger partial charge in [0.25, 0.3) is 0 Å². The monoisotopic (exact) mass is 290 g/mol. The minimum Gasteiger partial charge on any atom is -0.346 e. The summed E-state index contributed by atoms with van der Waals surface area (Å²) >= 11 is 0.